The zero-order valence-corrected chi connectivity index (χ0v) is 37.0. The fraction of sp³-hybridized carbons (Fsp3) is 0.271. The number of hydrogen-bond acceptors (Lipinski definition) is 13. The molecule has 0 aliphatic carbocycles. The molecule has 1 fully saturated rings. The molecule has 5 heterocycles. The Bertz CT molecular complexity index is 2800. The Morgan fingerprint density at radius 1 is 1.03 bits per heavy atom. The lowest BCUT2D eigenvalue weighted by Crippen LogP contribution is -2.48. The van der Waals surface area contributed by atoms with Gasteiger partial charge in [0.05, 0.1) is 16.6 Å². The largest absolute Gasteiger partial charge is 0.490 e. The molecule has 66 heavy (non-hydrogen) atoms. The minimum absolute atomic E-state index is 0.0186. The quantitative estimate of drug-likeness (QED) is 0.132. The number of aromatic nitrogens is 4. The van der Waals surface area contributed by atoms with Crippen molar-refractivity contribution in [2.24, 2.45) is 0 Å². The first-order valence-electron chi connectivity index (χ1n) is 20.8. The van der Waals surface area contributed by atoms with Crippen molar-refractivity contribution in [3.05, 3.63) is 131 Å². The minimum Gasteiger partial charge on any atom is -0.490 e. The van der Waals surface area contributed by atoms with Crippen molar-refractivity contribution in [2.45, 2.75) is 38.3 Å². The Hall–Kier alpha value is -6.71. The van der Waals surface area contributed by atoms with Crippen LogP contribution in [0, 0.1) is 18.2 Å². The van der Waals surface area contributed by atoms with Crippen molar-refractivity contribution < 1.29 is 46.8 Å². The van der Waals surface area contributed by atoms with Crippen LogP contribution in [0.2, 0.25) is 0 Å². The maximum Gasteiger partial charge on any atom is 0.387 e. The van der Waals surface area contributed by atoms with Crippen LogP contribution in [0.25, 0.3) is 32.0 Å². The number of carboxylic acid groups (broad SMARTS) is 1. The molecule has 2 aliphatic heterocycles. The van der Waals surface area contributed by atoms with E-state index in [0.717, 1.165) is 31.1 Å². The number of carbonyl (C=O) groups is 1. The number of carboxylic acids is 1. The van der Waals surface area contributed by atoms with Gasteiger partial charge in [-0.2, -0.15) is 8.78 Å². The zero-order valence-electron chi connectivity index (χ0n) is 35.4. The van der Waals surface area contributed by atoms with Crippen molar-refractivity contribution in [1.82, 2.24) is 29.7 Å². The summed E-state index contributed by atoms with van der Waals surface area (Å²) in [5.74, 6) is 1.79. The second-order valence-electron chi connectivity index (χ2n) is 15.3. The molecule has 2 atom stereocenters. The Kier molecular flexibility index (Phi) is 14.6. The summed E-state index contributed by atoms with van der Waals surface area (Å²) in [5, 5.41) is 11.2. The number of aliphatic carboxylic acids is 1. The smallest absolute Gasteiger partial charge is 0.387 e. The van der Waals surface area contributed by atoms with E-state index in [2.05, 4.69) is 42.7 Å². The number of benzene rings is 3. The van der Waals surface area contributed by atoms with Gasteiger partial charge in [0.2, 0.25) is 12.0 Å². The molecule has 18 heteroatoms. The van der Waals surface area contributed by atoms with E-state index >= 15 is 0 Å². The summed E-state index contributed by atoms with van der Waals surface area (Å²) in [5.41, 5.74) is 2.45. The predicted octanol–water partition coefficient (Wildman–Crippen LogP) is 8.42. The zero-order chi connectivity index (χ0) is 46.2. The van der Waals surface area contributed by atoms with E-state index in [1.54, 1.807) is 60.7 Å². The van der Waals surface area contributed by atoms with Crippen molar-refractivity contribution >= 4 is 39.1 Å². The number of piperazine rings is 1. The highest BCUT2D eigenvalue weighted by atomic mass is 35.5. The van der Waals surface area contributed by atoms with Crippen LogP contribution in [0.1, 0.15) is 16.8 Å². The van der Waals surface area contributed by atoms with Crippen molar-refractivity contribution in [3.8, 4) is 57.3 Å². The molecule has 13 nitrogen and oxygen atoms in total. The van der Waals surface area contributed by atoms with Crippen LogP contribution in [-0.2, 0) is 29.0 Å². The monoisotopic (exact) mass is 938 g/mol. The third-order valence-electron chi connectivity index (χ3n) is 10.8. The Morgan fingerprint density at radius 2 is 1.83 bits per heavy atom. The lowest BCUT2D eigenvalue weighted by atomic mass is 10.0. The third kappa shape index (κ3) is 11.2. The third-order valence-corrected chi connectivity index (χ3v) is 12.3. The van der Waals surface area contributed by atoms with Crippen LogP contribution in [0.3, 0.4) is 0 Å². The first-order chi connectivity index (χ1) is 32.0. The number of thiophene rings is 1. The molecule has 3 aromatic carbocycles. The Morgan fingerprint density at radius 3 is 2.61 bits per heavy atom. The summed E-state index contributed by atoms with van der Waals surface area (Å²) in [6, 6.07) is 18.8. The van der Waals surface area contributed by atoms with Gasteiger partial charge in [0.15, 0.2) is 5.82 Å². The van der Waals surface area contributed by atoms with E-state index in [4.69, 9.17) is 41.7 Å². The predicted molar refractivity (Wildman–Crippen MR) is 242 cm³/mol. The van der Waals surface area contributed by atoms with Crippen molar-refractivity contribution in [3.63, 3.8) is 0 Å². The average molecular weight is 939 g/mol. The van der Waals surface area contributed by atoms with Gasteiger partial charge in [0.1, 0.15) is 64.3 Å². The van der Waals surface area contributed by atoms with E-state index in [1.165, 1.54) is 42.1 Å². The van der Waals surface area contributed by atoms with Gasteiger partial charge < -0.3 is 33.7 Å². The maximum absolute atomic E-state index is 14.2. The number of nitrogens with zero attached hydrogens (tertiary/aromatic N) is 6. The van der Waals surface area contributed by atoms with Gasteiger partial charge in [-0.1, -0.05) is 47.9 Å². The van der Waals surface area contributed by atoms with Gasteiger partial charge in [0.25, 0.3) is 0 Å². The van der Waals surface area contributed by atoms with E-state index in [1.807, 2.05) is 6.08 Å². The van der Waals surface area contributed by atoms with Gasteiger partial charge in [-0.15, -0.1) is 17.8 Å². The first-order valence-corrected chi connectivity index (χ1v) is 22.0. The second kappa shape index (κ2) is 21.1. The lowest BCUT2D eigenvalue weighted by molar-refractivity contribution is -0.145. The van der Waals surface area contributed by atoms with Crippen LogP contribution in [0.5, 0.6) is 23.1 Å². The SMILES string of the molecule is C#C/C(Cl)=C1\C=C/Cc2c(-c3ccc(F)cc3)sc3ncnc(c23)O[C@@H](C(=O)O)Cc2cc(ccc2OCc2ccnc(-c3ccccc3OC(F)F)n2)OC[C@@H](CN2CCN(C)CC2)O1. The molecular formula is C48H42ClF3N6O7S. The second-order valence-corrected chi connectivity index (χ2v) is 16.7. The average Bonchev–Trinajstić information content (AvgIpc) is 3.69. The molecule has 3 aromatic heterocycles. The molecule has 0 radical (unpaired) electrons. The molecule has 0 unspecified atom stereocenters. The molecule has 8 rings (SSSR count). The highest BCUT2D eigenvalue weighted by Crippen LogP contribution is 2.42. The number of ether oxygens (including phenoxy) is 5. The topological polar surface area (TPSA) is 141 Å². The van der Waals surface area contributed by atoms with Crippen LogP contribution in [0.15, 0.2) is 108 Å². The number of halogens is 4. The minimum atomic E-state index is -3.05. The number of terminal acetylenes is 1. The fourth-order valence-electron chi connectivity index (χ4n) is 7.48. The standard InChI is InChI=1S/C48H42ClF3N6O7S/c1-3-37(49)40-10-6-8-36-42-45(54-28-55-46(42)66-43(36)29-11-13-31(50)14-12-29)64-41(47(59)60)24-30-23-33(61-27-34(63-40)25-58-21-19-57(2)20-22-58)15-16-38(30)62-26-32-17-18-53-44(56-32)35-7-4-5-9-39(35)65-48(51)52/h1,4-7,9-18,23,28,34,41,48H,8,19-22,24-27H2,2H3,(H,59,60)/b10-6-,40-37-/t34-,41-/m1/s1. The van der Waals surface area contributed by atoms with Gasteiger partial charge in [-0.3, -0.25) is 4.90 Å². The molecular weight excluding hydrogens is 897 g/mol. The molecule has 6 aromatic rings. The van der Waals surface area contributed by atoms with Gasteiger partial charge >= 0.3 is 12.6 Å². The van der Waals surface area contributed by atoms with Crippen LogP contribution < -0.4 is 18.9 Å². The molecule has 2 bridgehead atoms. The van der Waals surface area contributed by atoms with E-state index in [9.17, 15) is 23.1 Å². The number of hydrogen-bond donors (Lipinski definition) is 1. The molecule has 2 aliphatic rings. The summed E-state index contributed by atoms with van der Waals surface area (Å²) in [4.78, 5) is 36.7. The normalized spacial score (nSPS) is 18.6. The van der Waals surface area contributed by atoms with Crippen LogP contribution in [-0.4, -0.2) is 106 Å². The van der Waals surface area contributed by atoms with Crippen LogP contribution in [0.4, 0.5) is 13.2 Å². The lowest BCUT2D eigenvalue weighted by Gasteiger charge is -2.34. The maximum atomic E-state index is 14.2. The molecule has 1 saturated heterocycles. The summed E-state index contributed by atoms with van der Waals surface area (Å²) in [7, 11) is 2.07. The van der Waals surface area contributed by atoms with E-state index < -0.39 is 30.6 Å². The van der Waals surface area contributed by atoms with Gasteiger partial charge in [-0.05, 0) is 79.2 Å². The van der Waals surface area contributed by atoms with E-state index in [-0.39, 0.29) is 59.9 Å². The fourth-order valence-corrected chi connectivity index (χ4v) is 8.75. The van der Waals surface area contributed by atoms with Gasteiger partial charge in [-0.25, -0.2) is 29.1 Å². The number of fused-ring (bicyclic) bond motifs is 2. The highest BCUT2D eigenvalue weighted by molar-refractivity contribution is 7.22. The molecule has 340 valence electrons. The molecule has 0 saturated carbocycles. The van der Waals surface area contributed by atoms with Crippen molar-refractivity contribution in [1.29, 1.82) is 0 Å². The van der Waals surface area contributed by atoms with Crippen LogP contribution >= 0.6 is 22.9 Å². The molecule has 0 amide bonds. The summed E-state index contributed by atoms with van der Waals surface area (Å²) in [6.45, 7) is 0.696. The number of rotatable bonds is 10. The number of alkyl halides is 2. The number of likely N-dealkylation sites (N-methyl/N-ethyl adjacent to an activating group) is 1. The Labute approximate surface area is 387 Å². The summed E-state index contributed by atoms with van der Waals surface area (Å²) in [6.07, 6.45) is 10.1. The number of allylic oxidation sites excluding steroid dienone is 3. The highest BCUT2D eigenvalue weighted by Gasteiger charge is 2.28. The van der Waals surface area contributed by atoms with E-state index in [0.29, 0.717) is 50.6 Å². The number of para-hydroxylation sites is 1. The first kappa shape index (κ1) is 45.8. The molecule has 1 N–H and O–H groups in total. The summed E-state index contributed by atoms with van der Waals surface area (Å²) < 4.78 is 71.0. The Balaban J connectivity index is 1.19. The summed E-state index contributed by atoms with van der Waals surface area (Å²) >= 11 is 7.98. The molecule has 0 spiro atoms. The van der Waals surface area contributed by atoms with Crippen molar-refractivity contribution in [2.75, 3.05) is 46.4 Å². The van der Waals surface area contributed by atoms with Gasteiger partial charge in [0, 0.05) is 55.8 Å².